The Kier molecular flexibility index (Phi) is 7.37. The van der Waals surface area contributed by atoms with Gasteiger partial charge in [0.2, 0.25) is 5.95 Å². The number of non-ortho nitro benzene ring substituents is 1. The molecule has 0 spiro atoms. The summed E-state index contributed by atoms with van der Waals surface area (Å²) < 4.78 is 10.2. The van der Waals surface area contributed by atoms with Gasteiger partial charge in [0.1, 0.15) is 5.75 Å². The molecule has 0 aliphatic rings. The molecule has 11 heteroatoms. The van der Waals surface area contributed by atoms with Crippen molar-refractivity contribution >= 4 is 29.8 Å². The van der Waals surface area contributed by atoms with Crippen LogP contribution in [0.4, 0.5) is 11.6 Å². The zero-order valence-corrected chi connectivity index (χ0v) is 17.7. The predicted molar refractivity (Wildman–Crippen MR) is 118 cm³/mol. The first-order chi connectivity index (χ1) is 15.9. The van der Waals surface area contributed by atoms with Crippen LogP contribution in [0.2, 0.25) is 0 Å². The van der Waals surface area contributed by atoms with Crippen LogP contribution in [0.25, 0.3) is 0 Å². The molecule has 0 saturated carbocycles. The van der Waals surface area contributed by atoms with Crippen molar-refractivity contribution in [3.63, 3.8) is 0 Å². The van der Waals surface area contributed by atoms with Crippen LogP contribution in [-0.2, 0) is 4.74 Å². The van der Waals surface area contributed by atoms with Gasteiger partial charge in [-0.3, -0.25) is 10.1 Å². The quantitative estimate of drug-likeness (QED) is 0.179. The highest BCUT2D eigenvalue weighted by Gasteiger charge is 2.14. The van der Waals surface area contributed by atoms with Gasteiger partial charge in [0.25, 0.3) is 5.69 Å². The molecule has 0 aliphatic carbocycles. The maximum atomic E-state index is 12.2. The molecule has 3 rings (SSSR count). The summed E-state index contributed by atoms with van der Waals surface area (Å²) in [5.41, 5.74) is 3.97. The number of hydrogen-bond donors (Lipinski definition) is 1. The van der Waals surface area contributed by atoms with Gasteiger partial charge in [0, 0.05) is 18.3 Å². The smallest absolute Gasteiger partial charge is 0.343 e. The maximum absolute atomic E-state index is 12.2. The summed E-state index contributed by atoms with van der Waals surface area (Å²) in [4.78, 5) is 42.4. The van der Waals surface area contributed by atoms with E-state index in [4.69, 9.17) is 9.47 Å². The molecule has 0 unspecified atom stereocenters. The fourth-order valence-corrected chi connectivity index (χ4v) is 2.63. The number of nitro groups is 1. The highest BCUT2D eigenvalue weighted by atomic mass is 16.6. The highest BCUT2D eigenvalue weighted by Crippen LogP contribution is 2.17. The Morgan fingerprint density at radius 3 is 2.61 bits per heavy atom. The lowest BCUT2D eigenvalue weighted by atomic mass is 10.2. The van der Waals surface area contributed by atoms with Gasteiger partial charge in [-0.2, -0.15) is 5.10 Å². The Morgan fingerprint density at radius 2 is 1.94 bits per heavy atom. The number of carbonyl (C=O) groups excluding carboxylic acids is 2. The van der Waals surface area contributed by atoms with Crippen LogP contribution in [-0.4, -0.2) is 39.7 Å². The van der Waals surface area contributed by atoms with Crippen molar-refractivity contribution in [2.45, 2.75) is 13.8 Å². The van der Waals surface area contributed by atoms with Gasteiger partial charge in [-0.05, 0) is 49.7 Å². The number of aromatic nitrogens is 2. The van der Waals surface area contributed by atoms with E-state index in [1.165, 1.54) is 30.6 Å². The monoisotopic (exact) mass is 449 g/mol. The first kappa shape index (κ1) is 23.0. The Morgan fingerprint density at radius 1 is 1.18 bits per heavy atom. The summed E-state index contributed by atoms with van der Waals surface area (Å²) in [6, 6.07) is 11.7. The van der Waals surface area contributed by atoms with Crippen molar-refractivity contribution in [1.29, 1.82) is 0 Å². The number of nitrogens with zero attached hydrogens (tertiary/aromatic N) is 4. The Balaban J connectivity index is 1.59. The van der Waals surface area contributed by atoms with Crippen LogP contribution >= 0.6 is 0 Å². The molecule has 3 aromatic rings. The lowest BCUT2D eigenvalue weighted by Crippen LogP contribution is -2.10. The van der Waals surface area contributed by atoms with Gasteiger partial charge in [0.15, 0.2) is 0 Å². The van der Waals surface area contributed by atoms with E-state index in [1.54, 1.807) is 38.1 Å². The van der Waals surface area contributed by atoms with Crippen molar-refractivity contribution in [1.82, 2.24) is 9.97 Å². The predicted octanol–water partition coefficient (Wildman–Crippen LogP) is 3.54. The summed E-state index contributed by atoms with van der Waals surface area (Å²) in [6.07, 6.45) is 2.87. The van der Waals surface area contributed by atoms with Crippen molar-refractivity contribution in [2.75, 3.05) is 12.0 Å². The number of nitro benzene ring substituents is 1. The van der Waals surface area contributed by atoms with Crippen LogP contribution in [0.15, 0.2) is 59.8 Å². The minimum Gasteiger partial charge on any atom is -0.462 e. The molecule has 0 fully saturated rings. The number of hydrogen-bond acceptors (Lipinski definition) is 10. The van der Waals surface area contributed by atoms with Gasteiger partial charge < -0.3 is 9.47 Å². The second-order valence-electron chi connectivity index (χ2n) is 6.55. The molecule has 0 radical (unpaired) electrons. The van der Waals surface area contributed by atoms with Crippen molar-refractivity contribution in [2.24, 2.45) is 5.10 Å². The Bertz CT molecular complexity index is 1210. The number of carbonyl (C=O) groups is 2. The number of hydrazone groups is 1. The van der Waals surface area contributed by atoms with Gasteiger partial charge in [-0.15, -0.1) is 0 Å². The van der Waals surface area contributed by atoms with E-state index >= 15 is 0 Å². The number of esters is 2. The summed E-state index contributed by atoms with van der Waals surface area (Å²) in [5.74, 6) is -0.721. The first-order valence-corrected chi connectivity index (χ1v) is 9.74. The maximum Gasteiger partial charge on any atom is 0.343 e. The zero-order chi connectivity index (χ0) is 23.8. The summed E-state index contributed by atoms with van der Waals surface area (Å²) in [7, 11) is 0. The van der Waals surface area contributed by atoms with Crippen LogP contribution in [0.3, 0.4) is 0 Å². The van der Waals surface area contributed by atoms with Gasteiger partial charge in [0.05, 0.1) is 34.6 Å². The van der Waals surface area contributed by atoms with Crippen molar-refractivity contribution in [3.8, 4) is 5.75 Å². The minimum absolute atomic E-state index is 0.0725. The zero-order valence-electron chi connectivity index (χ0n) is 17.7. The van der Waals surface area contributed by atoms with Gasteiger partial charge >= 0.3 is 11.9 Å². The van der Waals surface area contributed by atoms with Gasteiger partial charge in [-0.1, -0.05) is 6.07 Å². The summed E-state index contributed by atoms with van der Waals surface area (Å²) in [6.45, 7) is 3.64. The van der Waals surface area contributed by atoms with E-state index < -0.39 is 16.9 Å². The Labute approximate surface area is 188 Å². The second-order valence-corrected chi connectivity index (χ2v) is 6.55. The lowest BCUT2D eigenvalue weighted by Gasteiger charge is -2.06. The third kappa shape index (κ3) is 6.17. The van der Waals surface area contributed by atoms with E-state index in [0.29, 0.717) is 11.3 Å². The normalized spacial score (nSPS) is 10.6. The average molecular weight is 449 g/mol. The second kappa shape index (κ2) is 10.6. The SMILES string of the molecule is CCOC(=O)c1cnc(N/N=C\c2ccc(OC(=O)c3cccc([N+](=O)[O-])c3)cc2)nc1C. The van der Waals surface area contributed by atoms with Gasteiger partial charge in [-0.25, -0.2) is 25.0 Å². The minimum atomic E-state index is -0.708. The molecule has 11 nitrogen and oxygen atoms in total. The molecule has 2 aromatic carbocycles. The van der Waals surface area contributed by atoms with E-state index in [-0.39, 0.29) is 35.1 Å². The third-order valence-electron chi connectivity index (χ3n) is 4.24. The molecule has 0 aliphatic heterocycles. The summed E-state index contributed by atoms with van der Waals surface area (Å²) in [5, 5.41) is 14.9. The Hall–Kier alpha value is -4.67. The summed E-state index contributed by atoms with van der Waals surface area (Å²) >= 11 is 0. The standard InChI is InChI=1S/C22H19N5O6/c1-3-32-21(29)19-13-23-22(25-14(19)2)26-24-12-15-7-9-18(10-8-15)33-20(28)16-5-4-6-17(11-16)27(30)31/h4-13H,3H2,1-2H3,(H,23,25,26)/b24-12-. The van der Waals surface area contributed by atoms with E-state index in [2.05, 4.69) is 20.5 Å². The molecule has 1 heterocycles. The van der Waals surface area contributed by atoms with Crippen LogP contribution in [0.5, 0.6) is 5.75 Å². The molecule has 1 aromatic heterocycles. The van der Waals surface area contributed by atoms with Crippen LogP contribution in [0.1, 0.15) is 38.9 Å². The number of ether oxygens (including phenoxy) is 2. The molecule has 168 valence electrons. The molecular formula is C22H19N5O6. The number of nitrogens with one attached hydrogen (secondary N) is 1. The topological polar surface area (TPSA) is 146 Å². The molecule has 33 heavy (non-hydrogen) atoms. The largest absolute Gasteiger partial charge is 0.462 e. The fourth-order valence-electron chi connectivity index (χ4n) is 2.63. The van der Waals surface area contributed by atoms with Crippen molar-refractivity contribution in [3.05, 3.63) is 87.2 Å². The lowest BCUT2D eigenvalue weighted by molar-refractivity contribution is -0.384. The number of rotatable bonds is 8. The van der Waals surface area contributed by atoms with Crippen LogP contribution in [0, 0.1) is 17.0 Å². The fraction of sp³-hybridized carbons (Fsp3) is 0.136. The molecule has 0 amide bonds. The van der Waals surface area contributed by atoms with Crippen LogP contribution < -0.4 is 10.2 Å². The molecule has 0 saturated heterocycles. The van der Waals surface area contributed by atoms with E-state index in [1.807, 2.05) is 0 Å². The third-order valence-corrected chi connectivity index (χ3v) is 4.24. The first-order valence-electron chi connectivity index (χ1n) is 9.74. The molecular weight excluding hydrogens is 430 g/mol. The number of aryl methyl sites for hydroxylation is 1. The molecule has 1 N–H and O–H groups in total. The average Bonchev–Trinajstić information content (AvgIpc) is 2.80. The highest BCUT2D eigenvalue weighted by molar-refractivity contribution is 5.92. The molecule has 0 bridgehead atoms. The number of benzene rings is 2. The van der Waals surface area contributed by atoms with E-state index in [9.17, 15) is 19.7 Å². The number of anilines is 1. The molecule has 0 atom stereocenters. The van der Waals surface area contributed by atoms with E-state index in [0.717, 1.165) is 6.07 Å². The van der Waals surface area contributed by atoms with Crippen molar-refractivity contribution < 1.29 is 24.0 Å².